The summed E-state index contributed by atoms with van der Waals surface area (Å²) in [5.74, 6) is -6.25. The van der Waals surface area contributed by atoms with E-state index in [1.165, 1.54) is 6.92 Å². The summed E-state index contributed by atoms with van der Waals surface area (Å²) in [5, 5.41) is 3.11. The standard InChI is InChI=1S/C11H18F4N2O/c1-2-17(7-8-3-5-16-6-4-8)10(18)11(14,15)9(12)13/h8-9,16H,2-7H2,1H3. The second-order valence-corrected chi connectivity index (χ2v) is 4.46. The Morgan fingerprint density at radius 1 is 1.39 bits per heavy atom. The van der Waals surface area contributed by atoms with Crippen molar-refractivity contribution >= 4 is 5.91 Å². The van der Waals surface area contributed by atoms with Crippen molar-refractivity contribution < 1.29 is 22.4 Å². The number of hydrogen-bond donors (Lipinski definition) is 1. The number of nitrogens with zero attached hydrogens (tertiary/aromatic N) is 1. The van der Waals surface area contributed by atoms with Gasteiger partial charge in [0.25, 0.3) is 5.91 Å². The third-order valence-electron chi connectivity index (χ3n) is 3.17. The molecule has 7 heteroatoms. The summed E-state index contributed by atoms with van der Waals surface area (Å²) in [6, 6.07) is 0. The van der Waals surface area contributed by atoms with E-state index >= 15 is 0 Å². The molecule has 1 saturated heterocycles. The molecule has 1 heterocycles. The van der Waals surface area contributed by atoms with Gasteiger partial charge in [-0.1, -0.05) is 0 Å². The van der Waals surface area contributed by atoms with Crippen molar-refractivity contribution in [3.8, 4) is 0 Å². The van der Waals surface area contributed by atoms with Gasteiger partial charge in [0.15, 0.2) is 0 Å². The highest BCUT2D eigenvalue weighted by atomic mass is 19.3. The summed E-state index contributed by atoms with van der Waals surface area (Å²) in [4.78, 5) is 12.2. The average Bonchev–Trinajstić information content (AvgIpc) is 2.36. The Hall–Kier alpha value is -0.850. The molecular weight excluding hydrogens is 252 g/mol. The molecule has 0 aliphatic carbocycles. The Morgan fingerprint density at radius 3 is 2.39 bits per heavy atom. The van der Waals surface area contributed by atoms with Gasteiger partial charge in [0, 0.05) is 13.1 Å². The van der Waals surface area contributed by atoms with Gasteiger partial charge in [-0.2, -0.15) is 8.78 Å². The Morgan fingerprint density at radius 2 is 1.94 bits per heavy atom. The molecule has 0 unspecified atom stereocenters. The maximum absolute atomic E-state index is 13.0. The minimum Gasteiger partial charge on any atom is -0.337 e. The topological polar surface area (TPSA) is 32.3 Å². The monoisotopic (exact) mass is 270 g/mol. The van der Waals surface area contributed by atoms with Crippen LogP contribution in [0, 0.1) is 5.92 Å². The van der Waals surface area contributed by atoms with Crippen molar-refractivity contribution in [2.24, 2.45) is 5.92 Å². The zero-order valence-corrected chi connectivity index (χ0v) is 10.3. The minimum atomic E-state index is -4.58. The zero-order valence-electron chi connectivity index (χ0n) is 10.3. The molecule has 106 valence electrons. The average molecular weight is 270 g/mol. The molecule has 18 heavy (non-hydrogen) atoms. The van der Waals surface area contributed by atoms with Gasteiger partial charge in [-0.15, -0.1) is 0 Å². The van der Waals surface area contributed by atoms with Crippen LogP contribution in [0.25, 0.3) is 0 Å². The van der Waals surface area contributed by atoms with Crippen molar-refractivity contribution in [1.29, 1.82) is 0 Å². The fraction of sp³-hybridized carbons (Fsp3) is 0.909. The number of carbonyl (C=O) groups is 1. The maximum Gasteiger partial charge on any atom is 0.383 e. The molecule has 1 amide bonds. The van der Waals surface area contributed by atoms with Crippen LogP contribution >= 0.6 is 0 Å². The molecular formula is C11H18F4N2O. The van der Waals surface area contributed by atoms with Crippen molar-refractivity contribution in [2.45, 2.75) is 32.1 Å². The molecule has 0 aromatic heterocycles. The number of rotatable bonds is 5. The van der Waals surface area contributed by atoms with Crippen LogP contribution in [-0.2, 0) is 4.79 Å². The third kappa shape index (κ3) is 3.57. The second kappa shape index (κ2) is 6.36. The van der Waals surface area contributed by atoms with E-state index in [1.54, 1.807) is 0 Å². The van der Waals surface area contributed by atoms with Crippen molar-refractivity contribution in [2.75, 3.05) is 26.2 Å². The zero-order chi connectivity index (χ0) is 13.8. The first kappa shape index (κ1) is 15.2. The Balaban J connectivity index is 2.62. The predicted octanol–water partition coefficient (Wildman–Crippen LogP) is 1.73. The molecule has 0 bridgehead atoms. The first-order valence-electron chi connectivity index (χ1n) is 6.05. The molecule has 0 atom stereocenters. The molecule has 0 aromatic carbocycles. The van der Waals surface area contributed by atoms with Gasteiger partial charge in [0.1, 0.15) is 0 Å². The van der Waals surface area contributed by atoms with Crippen LogP contribution in [0.3, 0.4) is 0 Å². The van der Waals surface area contributed by atoms with Crippen LogP contribution in [0.5, 0.6) is 0 Å². The van der Waals surface area contributed by atoms with E-state index in [9.17, 15) is 22.4 Å². The van der Waals surface area contributed by atoms with E-state index in [-0.39, 0.29) is 19.0 Å². The Kier molecular flexibility index (Phi) is 5.37. The summed E-state index contributed by atoms with van der Waals surface area (Å²) >= 11 is 0. The van der Waals surface area contributed by atoms with E-state index in [1.807, 2.05) is 0 Å². The normalized spacial score (nSPS) is 18.1. The Labute approximate surface area is 104 Å². The number of halogens is 4. The molecule has 0 spiro atoms. The molecule has 3 nitrogen and oxygen atoms in total. The molecule has 0 saturated carbocycles. The summed E-state index contributed by atoms with van der Waals surface area (Å²) in [5.41, 5.74) is 0. The lowest BCUT2D eigenvalue weighted by atomic mass is 9.97. The van der Waals surface area contributed by atoms with Gasteiger partial charge >= 0.3 is 12.3 Å². The van der Waals surface area contributed by atoms with Crippen LogP contribution in [0.2, 0.25) is 0 Å². The minimum absolute atomic E-state index is 0.0189. The SMILES string of the molecule is CCN(CC1CCNCC1)C(=O)C(F)(F)C(F)F. The molecule has 1 N–H and O–H groups in total. The highest BCUT2D eigenvalue weighted by Crippen LogP contribution is 2.26. The van der Waals surface area contributed by atoms with E-state index in [0.717, 1.165) is 30.8 Å². The number of alkyl halides is 4. The van der Waals surface area contributed by atoms with Crippen LogP contribution in [-0.4, -0.2) is 49.3 Å². The summed E-state index contributed by atoms with van der Waals surface area (Å²) < 4.78 is 50.2. The summed E-state index contributed by atoms with van der Waals surface area (Å²) in [7, 11) is 0. The third-order valence-corrected chi connectivity index (χ3v) is 3.17. The van der Waals surface area contributed by atoms with E-state index in [2.05, 4.69) is 5.32 Å². The number of nitrogens with one attached hydrogen (secondary N) is 1. The van der Waals surface area contributed by atoms with E-state index < -0.39 is 18.3 Å². The van der Waals surface area contributed by atoms with Crippen LogP contribution in [0.1, 0.15) is 19.8 Å². The van der Waals surface area contributed by atoms with Crippen LogP contribution in [0.15, 0.2) is 0 Å². The van der Waals surface area contributed by atoms with Gasteiger partial charge in [-0.05, 0) is 38.8 Å². The van der Waals surface area contributed by atoms with Crippen molar-refractivity contribution in [3.05, 3.63) is 0 Å². The molecule has 1 rings (SSSR count). The van der Waals surface area contributed by atoms with Gasteiger partial charge in [-0.25, -0.2) is 8.78 Å². The molecule has 0 radical (unpaired) electrons. The molecule has 1 fully saturated rings. The van der Waals surface area contributed by atoms with Gasteiger partial charge in [0.2, 0.25) is 0 Å². The fourth-order valence-corrected chi connectivity index (χ4v) is 2.04. The predicted molar refractivity (Wildman–Crippen MR) is 58.8 cm³/mol. The fourth-order valence-electron chi connectivity index (χ4n) is 2.04. The maximum atomic E-state index is 13.0. The number of carbonyl (C=O) groups excluding carboxylic acids is 1. The van der Waals surface area contributed by atoms with Crippen molar-refractivity contribution in [1.82, 2.24) is 10.2 Å². The number of hydrogen-bond acceptors (Lipinski definition) is 2. The molecule has 0 aromatic rings. The smallest absolute Gasteiger partial charge is 0.337 e. The van der Waals surface area contributed by atoms with Gasteiger partial charge in [-0.3, -0.25) is 4.79 Å². The quantitative estimate of drug-likeness (QED) is 0.772. The summed E-state index contributed by atoms with van der Waals surface area (Å²) in [6.45, 7) is 3.19. The summed E-state index contributed by atoms with van der Waals surface area (Å²) in [6.07, 6.45) is -2.42. The molecule has 1 aliphatic rings. The second-order valence-electron chi connectivity index (χ2n) is 4.46. The van der Waals surface area contributed by atoms with Crippen molar-refractivity contribution in [3.63, 3.8) is 0 Å². The first-order chi connectivity index (χ1) is 8.39. The molecule has 1 aliphatic heterocycles. The highest BCUT2D eigenvalue weighted by Gasteiger charge is 2.51. The lowest BCUT2D eigenvalue weighted by molar-refractivity contribution is -0.181. The van der Waals surface area contributed by atoms with Crippen LogP contribution in [0.4, 0.5) is 17.6 Å². The van der Waals surface area contributed by atoms with E-state index in [4.69, 9.17) is 0 Å². The van der Waals surface area contributed by atoms with E-state index in [0.29, 0.717) is 0 Å². The lowest BCUT2D eigenvalue weighted by Crippen LogP contribution is -2.49. The highest BCUT2D eigenvalue weighted by molar-refractivity contribution is 5.84. The largest absolute Gasteiger partial charge is 0.383 e. The van der Waals surface area contributed by atoms with Crippen LogP contribution < -0.4 is 5.32 Å². The lowest BCUT2D eigenvalue weighted by Gasteiger charge is -2.31. The van der Waals surface area contributed by atoms with Gasteiger partial charge < -0.3 is 10.2 Å². The number of amides is 1. The Bertz CT molecular complexity index is 280. The first-order valence-corrected chi connectivity index (χ1v) is 6.05. The van der Waals surface area contributed by atoms with Gasteiger partial charge in [0.05, 0.1) is 0 Å². The number of piperidine rings is 1.